The molecule has 11 rings (SSSR count). The predicted molar refractivity (Wildman–Crippen MR) is 247 cm³/mol. The van der Waals surface area contributed by atoms with E-state index in [2.05, 4.69) is 6.07 Å². The number of hydrogen-bond acceptors (Lipinski definition) is 3. The molecule has 11 aromatic rings. The number of nitrogens with zero attached hydrogens (tertiary/aromatic N) is 5. The lowest BCUT2D eigenvalue weighted by Crippen LogP contribution is -2.05. The number of halogens is 6. The Morgan fingerprint density at radius 2 is 0.909 bits per heavy atom. The van der Waals surface area contributed by atoms with Gasteiger partial charge in [-0.2, -0.15) is 31.6 Å². The van der Waals surface area contributed by atoms with E-state index in [-0.39, 0.29) is 5.56 Å². The van der Waals surface area contributed by atoms with Crippen LogP contribution in [0, 0.1) is 11.3 Å². The van der Waals surface area contributed by atoms with Crippen LogP contribution >= 0.6 is 0 Å². The summed E-state index contributed by atoms with van der Waals surface area (Å²) in [6, 6.07) is 56.3. The molecular weight excluding hydrogens is 845 g/mol. The van der Waals surface area contributed by atoms with Gasteiger partial charge in [-0.15, -0.1) is 0 Å². The van der Waals surface area contributed by atoms with Gasteiger partial charge < -0.3 is 9.13 Å². The Morgan fingerprint density at radius 1 is 0.409 bits per heavy atom. The van der Waals surface area contributed by atoms with E-state index >= 15 is 0 Å². The van der Waals surface area contributed by atoms with Crippen LogP contribution in [-0.4, -0.2) is 19.1 Å². The van der Waals surface area contributed by atoms with Gasteiger partial charge >= 0.3 is 12.4 Å². The fourth-order valence-electron chi connectivity index (χ4n) is 9.00. The summed E-state index contributed by atoms with van der Waals surface area (Å²) >= 11 is 0. The van der Waals surface area contributed by atoms with Gasteiger partial charge in [-0.05, 0) is 91.0 Å². The molecule has 0 amide bonds. The van der Waals surface area contributed by atoms with E-state index in [0.29, 0.717) is 88.9 Å². The van der Waals surface area contributed by atoms with Crippen LogP contribution in [0.25, 0.3) is 100 Å². The minimum atomic E-state index is -4.58. The molecule has 0 bridgehead atoms. The van der Waals surface area contributed by atoms with Gasteiger partial charge in [-0.3, -0.25) is 0 Å². The van der Waals surface area contributed by atoms with E-state index in [1.54, 1.807) is 36.4 Å². The number of nitriles is 1. The Balaban J connectivity index is 1.21. The van der Waals surface area contributed by atoms with Crippen LogP contribution in [0.4, 0.5) is 26.3 Å². The summed E-state index contributed by atoms with van der Waals surface area (Å²) in [7, 11) is 0. The van der Waals surface area contributed by atoms with Crippen molar-refractivity contribution in [1.29, 1.82) is 5.26 Å². The molecule has 0 N–H and O–H groups in total. The number of aromatic nitrogens is 4. The molecule has 0 aliphatic carbocycles. The van der Waals surface area contributed by atoms with Crippen molar-refractivity contribution in [2.24, 2.45) is 0 Å². The molecular formula is C55H31F6N5. The average Bonchev–Trinajstić information content (AvgIpc) is 3.86. The molecule has 0 aliphatic heterocycles. The van der Waals surface area contributed by atoms with Crippen LogP contribution < -0.4 is 0 Å². The first-order valence-electron chi connectivity index (χ1n) is 20.8. The topological polar surface area (TPSA) is 59.4 Å². The number of benzene rings is 8. The van der Waals surface area contributed by atoms with Crippen LogP contribution in [0.15, 0.2) is 188 Å². The van der Waals surface area contributed by atoms with E-state index in [1.807, 2.05) is 124 Å². The van der Waals surface area contributed by atoms with Crippen LogP contribution in [0.5, 0.6) is 0 Å². The third-order valence-corrected chi connectivity index (χ3v) is 12.0. The van der Waals surface area contributed by atoms with Gasteiger partial charge in [0.1, 0.15) is 0 Å². The Hall–Kier alpha value is -8.49. The Labute approximate surface area is 372 Å². The second-order valence-electron chi connectivity index (χ2n) is 15.9. The van der Waals surface area contributed by atoms with Gasteiger partial charge in [0.25, 0.3) is 0 Å². The van der Waals surface area contributed by atoms with Gasteiger partial charge in [-0.1, -0.05) is 97.1 Å². The average molecular weight is 876 g/mol. The fraction of sp³-hybridized carbons (Fsp3) is 0.0364. The lowest BCUT2D eigenvalue weighted by molar-refractivity contribution is -0.138. The zero-order chi connectivity index (χ0) is 45.3. The van der Waals surface area contributed by atoms with Crippen molar-refractivity contribution in [3.8, 4) is 62.5 Å². The fourth-order valence-corrected chi connectivity index (χ4v) is 9.00. The first-order chi connectivity index (χ1) is 31.9. The summed E-state index contributed by atoms with van der Waals surface area (Å²) in [6.07, 6.45) is -9.14. The van der Waals surface area contributed by atoms with Crippen molar-refractivity contribution in [3.05, 3.63) is 205 Å². The SMILES string of the molecule is N#Cc1ccc(-n2c3ccccc3c3cc(C(F)(F)F)ccc32)cc1-c1cc(-c2nc(-c3ccccc3)cc(-c3ccccc3)n2)ccc1-n1c2ccccc2c2cc(C(F)(F)F)ccc21. The minimum absolute atomic E-state index is 0.279. The minimum Gasteiger partial charge on any atom is -0.309 e. The van der Waals surface area contributed by atoms with E-state index in [9.17, 15) is 31.6 Å². The normalized spacial score (nSPS) is 12.1. The maximum absolute atomic E-state index is 14.2. The van der Waals surface area contributed by atoms with Crippen LogP contribution in [0.3, 0.4) is 0 Å². The number of fused-ring (bicyclic) bond motifs is 6. The Bertz CT molecular complexity index is 3690. The molecule has 0 aliphatic rings. The molecule has 3 aromatic heterocycles. The monoisotopic (exact) mass is 875 g/mol. The quantitative estimate of drug-likeness (QED) is 0.156. The van der Waals surface area contributed by atoms with Crippen LogP contribution in [-0.2, 0) is 12.4 Å². The molecule has 5 nitrogen and oxygen atoms in total. The van der Waals surface area contributed by atoms with E-state index in [1.165, 1.54) is 12.1 Å². The van der Waals surface area contributed by atoms with Crippen molar-refractivity contribution in [1.82, 2.24) is 19.1 Å². The first-order valence-corrected chi connectivity index (χ1v) is 20.8. The maximum Gasteiger partial charge on any atom is 0.416 e. The molecule has 3 heterocycles. The molecule has 0 saturated carbocycles. The predicted octanol–water partition coefficient (Wildman–Crippen LogP) is 15.2. The zero-order valence-electron chi connectivity index (χ0n) is 34.4. The largest absolute Gasteiger partial charge is 0.416 e. The number of rotatable bonds is 6. The van der Waals surface area contributed by atoms with Crippen LogP contribution in [0.1, 0.15) is 16.7 Å². The molecule has 0 fully saturated rings. The van der Waals surface area contributed by atoms with Gasteiger partial charge in [-0.25, -0.2) is 9.97 Å². The third-order valence-electron chi connectivity index (χ3n) is 12.0. The number of alkyl halides is 6. The van der Waals surface area contributed by atoms with Crippen LogP contribution in [0.2, 0.25) is 0 Å². The van der Waals surface area contributed by atoms with E-state index < -0.39 is 23.5 Å². The summed E-state index contributed by atoms with van der Waals surface area (Å²) in [4.78, 5) is 10.2. The van der Waals surface area contributed by atoms with Crippen molar-refractivity contribution < 1.29 is 26.3 Å². The van der Waals surface area contributed by atoms with Gasteiger partial charge in [0.2, 0.25) is 0 Å². The summed E-state index contributed by atoms with van der Waals surface area (Å²) in [6.45, 7) is 0. The first kappa shape index (κ1) is 40.3. The molecule has 0 atom stereocenters. The van der Waals surface area contributed by atoms with E-state index in [4.69, 9.17) is 9.97 Å². The van der Waals surface area contributed by atoms with Crippen molar-refractivity contribution in [2.75, 3.05) is 0 Å². The number of para-hydroxylation sites is 2. The standard InChI is InChI=1S/C55H31F6N5/c56-54(57,58)37-21-25-50-44(28-37)40-15-7-9-17-48(40)65(50)39-23-19-36(32-62)42(30-39)43-27-35(53-63-46(33-11-3-1-4-12-33)31-47(64-53)34-13-5-2-6-14-34)20-24-51(43)66-49-18-10-8-16-41(49)45-29-38(55(59,60)61)22-26-52(45)66/h1-31H. The highest BCUT2D eigenvalue weighted by Gasteiger charge is 2.33. The molecule has 0 saturated heterocycles. The summed E-state index contributed by atoms with van der Waals surface area (Å²) < 4.78 is 88.6. The highest BCUT2D eigenvalue weighted by Crippen LogP contribution is 2.43. The van der Waals surface area contributed by atoms with Crippen molar-refractivity contribution in [2.45, 2.75) is 12.4 Å². The van der Waals surface area contributed by atoms with Gasteiger partial charge in [0.15, 0.2) is 5.82 Å². The molecule has 0 spiro atoms. The zero-order valence-corrected chi connectivity index (χ0v) is 34.4. The summed E-state index contributed by atoms with van der Waals surface area (Å²) in [5, 5.41) is 12.8. The molecule has 0 unspecified atom stereocenters. The smallest absolute Gasteiger partial charge is 0.309 e. The lowest BCUT2D eigenvalue weighted by Gasteiger charge is -2.18. The highest BCUT2D eigenvalue weighted by atomic mass is 19.4. The second-order valence-corrected chi connectivity index (χ2v) is 15.9. The van der Waals surface area contributed by atoms with Gasteiger partial charge in [0.05, 0.1) is 61.9 Å². The summed E-state index contributed by atoms with van der Waals surface area (Å²) in [5.74, 6) is 0.387. The molecule has 318 valence electrons. The lowest BCUT2D eigenvalue weighted by atomic mass is 9.95. The molecule has 0 radical (unpaired) electrons. The second kappa shape index (κ2) is 15.3. The number of hydrogen-bond donors (Lipinski definition) is 0. The Morgan fingerprint density at radius 3 is 1.45 bits per heavy atom. The molecule has 8 aromatic carbocycles. The Kier molecular flexibility index (Phi) is 9.37. The maximum atomic E-state index is 14.2. The van der Waals surface area contributed by atoms with Crippen molar-refractivity contribution >= 4 is 43.6 Å². The summed E-state index contributed by atoms with van der Waals surface area (Å²) in [5.41, 5.74) is 6.82. The van der Waals surface area contributed by atoms with Gasteiger partial charge in [0, 0.05) is 55.0 Å². The molecule has 11 heteroatoms. The van der Waals surface area contributed by atoms with E-state index in [0.717, 1.165) is 35.4 Å². The van der Waals surface area contributed by atoms with Crippen molar-refractivity contribution in [3.63, 3.8) is 0 Å². The highest BCUT2D eigenvalue weighted by molar-refractivity contribution is 6.11. The molecule has 66 heavy (non-hydrogen) atoms. The third kappa shape index (κ3) is 6.82.